The van der Waals surface area contributed by atoms with Crippen LogP contribution in [0.5, 0.6) is 0 Å². The number of benzene rings is 1. The average molecular weight is 287 g/mol. The Labute approximate surface area is 112 Å². The van der Waals surface area contributed by atoms with E-state index < -0.39 is 46.9 Å². The van der Waals surface area contributed by atoms with Gasteiger partial charge in [0.1, 0.15) is 17.9 Å². The molecule has 0 atom stereocenters. The van der Waals surface area contributed by atoms with Crippen LogP contribution in [0.25, 0.3) is 0 Å². The molecule has 0 aliphatic carbocycles. The number of anilines is 1. The van der Waals surface area contributed by atoms with Crippen LogP contribution < -0.4 is 4.90 Å². The van der Waals surface area contributed by atoms with E-state index in [1.807, 2.05) is 0 Å². The van der Waals surface area contributed by atoms with E-state index in [0.717, 1.165) is 12.8 Å². The molecule has 4 nitrogen and oxygen atoms in total. The number of carboxylic acid groups (broad SMARTS) is 1. The fourth-order valence-electron chi connectivity index (χ4n) is 2.25. The van der Waals surface area contributed by atoms with Crippen molar-refractivity contribution in [3.05, 3.63) is 29.1 Å². The van der Waals surface area contributed by atoms with Gasteiger partial charge in [-0.1, -0.05) is 0 Å². The molecule has 20 heavy (non-hydrogen) atoms. The normalized spacial score (nSPS) is 14.7. The molecule has 1 heterocycles. The Morgan fingerprint density at radius 3 is 2.30 bits per heavy atom. The van der Waals surface area contributed by atoms with Crippen LogP contribution in [0.1, 0.15) is 29.6 Å². The van der Waals surface area contributed by atoms with E-state index in [0.29, 0.717) is 19.2 Å². The van der Waals surface area contributed by atoms with Gasteiger partial charge in [-0.05, 0) is 18.9 Å². The number of rotatable bonds is 4. The summed E-state index contributed by atoms with van der Waals surface area (Å²) in [6, 6.07) is 0.567. The number of carbonyl (C=O) groups excluding carboxylic acids is 1. The van der Waals surface area contributed by atoms with E-state index in [-0.39, 0.29) is 0 Å². The highest BCUT2D eigenvalue weighted by atomic mass is 19.2. The number of carboxylic acids is 1. The van der Waals surface area contributed by atoms with Crippen molar-refractivity contribution in [1.29, 1.82) is 0 Å². The molecular formula is C13H12F3NO3. The second-order valence-electron chi connectivity index (χ2n) is 4.57. The predicted octanol–water partition coefficient (Wildman–Crippen LogP) is 2.36. The molecule has 2 rings (SSSR count). The first-order valence-electron chi connectivity index (χ1n) is 6.09. The Hall–Kier alpha value is -2.05. The van der Waals surface area contributed by atoms with Gasteiger partial charge in [0.15, 0.2) is 17.4 Å². The van der Waals surface area contributed by atoms with Crippen LogP contribution in [0, 0.1) is 17.5 Å². The second-order valence-corrected chi connectivity index (χ2v) is 4.57. The van der Waals surface area contributed by atoms with Crippen LogP contribution in [-0.2, 0) is 4.79 Å². The van der Waals surface area contributed by atoms with Gasteiger partial charge in [-0.25, -0.2) is 13.2 Å². The number of Topliss-reactive ketones (excluding diaryl/α,β-unsaturated/α-hetero) is 1. The third kappa shape index (κ3) is 2.61. The van der Waals surface area contributed by atoms with Crippen LogP contribution in [-0.4, -0.2) is 29.9 Å². The van der Waals surface area contributed by atoms with Crippen molar-refractivity contribution in [2.24, 2.45) is 0 Å². The monoisotopic (exact) mass is 287 g/mol. The molecule has 1 aliphatic rings. The topological polar surface area (TPSA) is 57.6 Å². The first-order valence-corrected chi connectivity index (χ1v) is 6.09. The summed E-state index contributed by atoms with van der Waals surface area (Å²) in [4.78, 5) is 23.2. The molecule has 0 spiro atoms. The van der Waals surface area contributed by atoms with Crippen molar-refractivity contribution >= 4 is 17.4 Å². The van der Waals surface area contributed by atoms with E-state index in [9.17, 15) is 22.8 Å². The van der Waals surface area contributed by atoms with Gasteiger partial charge in [0, 0.05) is 13.1 Å². The molecule has 1 aliphatic heterocycles. The highest BCUT2D eigenvalue weighted by Gasteiger charge is 2.27. The minimum absolute atomic E-state index is 0.412. The summed E-state index contributed by atoms with van der Waals surface area (Å²) in [5.74, 6) is -6.65. The van der Waals surface area contributed by atoms with E-state index in [2.05, 4.69) is 0 Å². The summed E-state index contributed by atoms with van der Waals surface area (Å²) in [5.41, 5.74) is -1.36. The molecule has 0 radical (unpaired) electrons. The lowest BCUT2D eigenvalue weighted by molar-refractivity contribution is -0.135. The van der Waals surface area contributed by atoms with Crippen LogP contribution in [0.4, 0.5) is 18.9 Å². The van der Waals surface area contributed by atoms with Crippen LogP contribution in [0.15, 0.2) is 6.07 Å². The number of halogens is 3. The Bertz CT molecular complexity index is 568. The largest absolute Gasteiger partial charge is 0.481 e. The lowest BCUT2D eigenvalue weighted by atomic mass is 10.1. The van der Waals surface area contributed by atoms with Gasteiger partial charge in [0.25, 0.3) is 0 Å². The van der Waals surface area contributed by atoms with Crippen LogP contribution in [0.3, 0.4) is 0 Å². The number of ketones is 1. The number of hydrogen-bond donors (Lipinski definition) is 1. The van der Waals surface area contributed by atoms with Crippen LogP contribution in [0.2, 0.25) is 0 Å². The highest BCUT2D eigenvalue weighted by molar-refractivity contribution is 6.05. The molecule has 0 saturated carbocycles. The summed E-state index contributed by atoms with van der Waals surface area (Å²) in [5, 5.41) is 8.46. The molecule has 1 N–H and O–H groups in total. The van der Waals surface area contributed by atoms with Gasteiger partial charge in [-0.15, -0.1) is 0 Å². The van der Waals surface area contributed by atoms with Crippen LogP contribution >= 0.6 is 0 Å². The maximum atomic E-state index is 13.9. The zero-order chi connectivity index (χ0) is 14.9. The maximum Gasteiger partial charge on any atom is 0.311 e. The zero-order valence-electron chi connectivity index (χ0n) is 10.5. The van der Waals surface area contributed by atoms with Gasteiger partial charge in [-0.3, -0.25) is 9.59 Å². The molecule has 0 unspecified atom stereocenters. The zero-order valence-corrected chi connectivity index (χ0v) is 10.5. The third-order valence-corrected chi connectivity index (χ3v) is 3.17. The molecule has 1 saturated heterocycles. The summed E-state index contributed by atoms with van der Waals surface area (Å²) in [6.07, 6.45) is 0.485. The lowest BCUT2D eigenvalue weighted by Gasteiger charge is -2.20. The van der Waals surface area contributed by atoms with Gasteiger partial charge < -0.3 is 10.0 Å². The number of nitrogens with zero attached hydrogens (tertiary/aromatic N) is 1. The van der Waals surface area contributed by atoms with Crippen molar-refractivity contribution in [3.8, 4) is 0 Å². The van der Waals surface area contributed by atoms with Crippen molar-refractivity contribution in [1.82, 2.24) is 0 Å². The maximum absolute atomic E-state index is 13.9. The fraction of sp³-hybridized carbons (Fsp3) is 0.385. The van der Waals surface area contributed by atoms with E-state index >= 15 is 0 Å². The summed E-state index contributed by atoms with van der Waals surface area (Å²) in [7, 11) is 0. The summed E-state index contributed by atoms with van der Waals surface area (Å²) < 4.78 is 41.6. The van der Waals surface area contributed by atoms with Gasteiger partial charge in [-0.2, -0.15) is 0 Å². The SMILES string of the molecule is O=C(O)CC(=O)c1cc(F)c(N2CCCC2)c(F)c1F. The van der Waals surface area contributed by atoms with E-state index in [1.54, 1.807) is 0 Å². The predicted molar refractivity (Wildman–Crippen MR) is 64.3 cm³/mol. The number of hydrogen-bond acceptors (Lipinski definition) is 3. The Morgan fingerprint density at radius 2 is 1.75 bits per heavy atom. The Balaban J connectivity index is 2.43. The van der Waals surface area contributed by atoms with Gasteiger partial charge in [0.2, 0.25) is 0 Å². The van der Waals surface area contributed by atoms with E-state index in [1.165, 1.54) is 4.90 Å². The molecule has 108 valence electrons. The quantitative estimate of drug-likeness (QED) is 0.525. The molecule has 1 aromatic carbocycles. The minimum atomic E-state index is -1.50. The third-order valence-electron chi connectivity index (χ3n) is 3.17. The first-order chi connectivity index (χ1) is 9.41. The number of carbonyl (C=O) groups is 2. The average Bonchev–Trinajstić information content (AvgIpc) is 2.86. The number of aliphatic carboxylic acids is 1. The Morgan fingerprint density at radius 1 is 1.15 bits per heavy atom. The molecule has 0 amide bonds. The molecule has 1 fully saturated rings. The van der Waals surface area contributed by atoms with Gasteiger partial charge in [0.05, 0.1) is 5.56 Å². The summed E-state index contributed by atoms with van der Waals surface area (Å²) >= 11 is 0. The smallest absolute Gasteiger partial charge is 0.311 e. The first kappa shape index (κ1) is 14.4. The van der Waals surface area contributed by atoms with E-state index in [4.69, 9.17) is 5.11 Å². The molecular weight excluding hydrogens is 275 g/mol. The standard InChI is InChI=1S/C13H12F3NO3/c14-8-5-7(9(18)6-10(19)20)11(15)12(16)13(8)17-3-1-2-4-17/h5H,1-4,6H2,(H,19,20). The van der Waals surface area contributed by atoms with Crippen molar-refractivity contribution in [2.75, 3.05) is 18.0 Å². The molecule has 7 heteroatoms. The Kier molecular flexibility index (Phi) is 3.96. The van der Waals surface area contributed by atoms with Crippen molar-refractivity contribution < 1.29 is 27.9 Å². The lowest BCUT2D eigenvalue weighted by Crippen LogP contribution is -2.22. The van der Waals surface area contributed by atoms with Crippen molar-refractivity contribution in [3.63, 3.8) is 0 Å². The molecule has 1 aromatic rings. The molecule has 0 aromatic heterocycles. The second kappa shape index (κ2) is 5.52. The summed E-state index contributed by atoms with van der Waals surface area (Å²) in [6.45, 7) is 0.825. The molecule has 0 bridgehead atoms. The highest BCUT2D eigenvalue weighted by Crippen LogP contribution is 2.30. The van der Waals surface area contributed by atoms with Crippen molar-refractivity contribution in [2.45, 2.75) is 19.3 Å². The fourth-order valence-corrected chi connectivity index (χ4v) is 2.25. The van der Waals surface area contributed by atoms with Gasteiger partial charge >= 0.3 is 5.97 Å². The minimum Gasteiger partial charge on any atom is -0.481 e.